The third-order valence-electron chi connectivity index (χ3n) is 1.97. The molecule has 1 aliphatic carbocycles. The van der Waals surface area contributed by atoms with Crippen LogP contribution in [-0.4, -0.2) is 13.1 Å². The number of hydrogen-bond acceptors (Lipinski definition) is 1. The molecule has 1 N–H and O–H groups in total. The van der Waals surface area contributed by atoms with E-state index in [1.54, 1.807) is 0 Å². The number of allylic oxidation sites excluding steroid dienone is 3. The van der Waals surface area contributed by atoms with Gasteiger partial charge >= 0.3 is 0 Å². The Kier molecular flexibility index (Phi) is 4.31. The Morgan fingerprint density at radius 2 is 2.31 bits per heavy atom. The van der Waals surface area contributed by atoms with Crippen molar-refractivity contribution in [3.05, 3.63) is 41.2 Å². The Balaban J connectivity index is 2.65. The second-order valence-electron chi connectivity index (χ2n) is 3.25. The fourth-order valence-electron chi connectivity index (χ4n) is 1.13. The van der Waals surface area contributed by atoms with Crippen LogP contribution in [0.1, 0.15) is 20.3 Å². The Hall–Kier alpha value is -1.04. The minimum Gasteiger partial charge on any atom is -0.313 e. The summed E-state index contributed by atoms with van der Waals surface area (Å²) in [6.07, 6.45) is 9.48. The van der Waals surface area contributed by atoms with Crippen LogP contribution >= 0.6 is 0 Å². The number of nitrogens with one attached hydrogen (secondary N) is 1. The SMILES string of the molecule is CCNC/C1=C/C=C(/C)CC=C=C1. The molecule has 13 heavy (non-hydrogen) atoms. The average molecular weight is 175 g/mol. The lowest BCUT2D eigenvalue weighted by atomic mass is 10.1. The van der Waals surface area contributed by atoms with E-state index in [0.717, 1.165) is 19.5 Å². The highest BCUT2D eigenvalue weighted by Gasteiger charge is 1.92. The lowest BCUT2D eigenvalue weighted by Crippen LogP contribution is -2.15. The molecule has 1 nitrogen and oxygen atoms in total. The Morgan fingerprint density at radius 1 is 1.46 bits per heavy atom. The van der Waals surface area contributed by atoms with Crippen LogP contribution in [0.3, 0.4) is 0 Å². The molecule has 0 radical (unpaired) electrons. The first-order valence-corrected chi connectivity index (χ1v) is 4.81. The second kappa shape index (κ2) is 5.58. The number of hydrogen-bond donors (Lipinski definition) is 1. The van der Waals surface area contributed by atoms with Gasteiger partial charge in [0.2, 0.25) is 0 Å². The van der Waals surface area contributed by atoms with E-state index >= 15 is 0 Å². The predicted octanol–water partition coefficient (Wildman–Crippen LogP) is 2.58. The normalized spacial score (nSPS) is 24.2. The summed E-state index contributed by atoms with van der Waals surface area (Å²) in [5, 5.41) is 3.30. The van der Waals surface area contributed by atoms with Crippen LogP contribution in [0.2, 0.25) is 0 Å². The Bertz CT molecular complexity index is 275. The van der Waals surface area contributed by atoms with E-state index in [-0.39, 0.29) is 0 Å². The summed E-state index contributed by atoms with van der Waals surface area (Å²) in [7, 11) is 0. The zero-order valence-corrected chi connectivity index (χ0v) is 8.43. The van der Waals surface area contributed by atoms with Gasteiger partial charge in [-0.3, -0.25) is 0 Å². The molecule has 0 aromatic rings. The van der Waals surface area contributed by atoms with Gasteiger partial charge < -0.3 is 5.32 Å². The van der Waals surface area contributed by atoms with Gasteiger partial charge in [0.1, 0.15) is 0 Å². The first-order chi connectivity index (χ1) is 6.33. The topological polar surface area (TPSA) is 12.0 Å². The minimum atomic E-state index is 0.932. The largest absolute Gasteiger partial charge is 0.313 e. The molecule has 0 bridgehead atoms. The first-order valence-electron chi connectivity index (χ1n) is 4.81. The van der Waals surface area contributed by atoms with Gasteiger partial charge in [-0.1, -0.05) is 24.6 Å². The van der Waals surface area contributed by atoms with Crippen molar-refractivity contribution in [1.29, 1.82) is 0 Å². The maximum atomic E-state index is 3.30. The molecule has 0 saturated carbocycles. The third kappa shape index (κ3) is 3.93. The van der Waals surface area contributed by atoms with E-state index in [1.165, 1.54) is 11.1 Å². The zero-order chi connectivity index (χ0) is 9.52. The molecular formula is C12H17N. The van der Waals surface area contributed by atoms with E-state index in [1.807, 2.05) is 6.08 Å². The van der Waals surface area contributed by atoms with Crippen molar-refractivity contribution < 1.29 is 0 Å². The molecule has 0 saturated heterocycles. The molecule has 0 amide bonds. The van der Waals surface area contributed by atoms with Crippen molar-refractivity contribution in [1.82, 2.24) is 5.32 Å². The van der Waals surface area contributed by atoms with Crippen LogP contribution in [0.25, 0.3) is 0 Å². The zero-order valence-electron chi connectivity index (χ0n) is 8.43. The standard InChI is InChI=1S/C12H17N/c1-3-13-10-12-7-5-4-6-11(2)8-9-12/h4,7-9,13H,3,6,10H2,1-2H3/b11-8-,12-9+. The quantitative estimate of drug-likeness (QED) is 0.650. The van der Waals surface area contributed by atoms with Crippen molar-refractivity contribution >= 4 is 0 Å². The molecule has 0 heterocycles. The summed E-state index contributed by atoms with van der Waals surface area (Å²) in [6, 6.07) is 0. The molecule has 0 atom stereocenters. The monoisotopic (exact) mass is 175 g/mol. The highest BCUT2D eigenvalue weighted by molar-refractivity contribution is 5.29. The summed E-state index contributed by atoms with van der Waals surface area (Å²) in [5.74, 6) is 0. The smallest absolute Gasteiger partial charge is 0.0211 e. The maximum absolute atomic E-state index is 3.30. The van der Waals surface area contributed by atoms with Crippen LogP contribution in [0.5, 0.6) is 0 Å². The van der Waals surface area contributed by atoms with Crippen LogP contribution in [-0.2, 0) is 0 Å². The fraction of sp³-hybridized carbons (Fsp3) is 0.417. The van der Waals surface area contributed by atoms with Crippen molar-refractivity contribution in [3.63, 3.8) is 0 Å². The van der Waals surface area contributed by atoms with E-state index < -0.39 is 0 Å². The van der Waals surface area contributed by atoms with Gasteiger partial charge in [-0.2, -0.15) is 0 Å². The lowest BCUT2D eigenvalue weighted by Gasteiger charge is -2.02. The Morgan fingerprint density at radius 3 is 3.08 bits per heavy atom. The van der Waals surface area contributed by atoms with Crippen LogP contribution in [0, 0.1) is 0 Å². The fourth-order valence-corrected chi connectivity index (χ4v) is 1.13. The van der Waals surface area contributed by atoms with Crippen molar-refractivity contribution in [3.8, 4) is 0 Å². The molecule has 0 unspecified atom stereocenters. The van der Waals surface area contributed by atoms with Gasteiger partial charge in [-0.05, 0) is 37.6 Å². The first kappa shape index (κ1) is 10.0. The van der Waals surface area contributed by atoms with Gasteiger partial charge in [0.05, 0.1) is 0 Å². The second-order valence-corrected chi connectivity index (χ2v) is 3.25. The highest BCUT2D eigenvalue weighted by atomic mass is 14.8. The summed E-state index contributed by atoms with van der Waals surface area (Å²) < 4.78 is 0. The minimum absolute atomic E-state index is 0.932. The highest BCUT2D eigenvalue weighted by Crippen LogP contribution is 2.06. The van der Waals surface area contributed by atoms with Crippen LogP contribution < -0.4 is 5.32 Å². The molecule has 1 rings (SSSR count). The van der Waals surface area contributed by atoms with E-state index in [2.05, 4.69) is 43.1 Å². The summed E-state index contributed by atoms with van der Waals surface area (Å²) in [4.78, 5) is 0. The summed E-state index contributed by atoms with van der Waals surface area (Å²) >= 11 is 0. The Labute approximate surface area is 80.5 Å². The molecule has 0 spiro atoms. The molecule has 70 valence electrons. The van der Waals surface area contributed by atoms with Gasteiger partial charge in [-0.25, -0.2) is 0 Å². The van der Waals surface area contributed by atoms with Gasteiger partial charge in [-0.15, -0.1) is 5.73 Å². The molecule has 0 aromatic carbocycles. The van der Waals surface area contributed by atoms with Crippen LogP contribution in [0.4, 0.5) is 0 Å². The average Bonchev–Trinajstić information content (AvgIpc) is 2.11. The summed E-state index contributed by atoms with van der Waals surface area (Å²) in [5.41, 5.74) is 5.85. The van der Waals surface area contributed by atoms with Gasteiger partial charge in [0.25, 0.3) is 0 Å². The van der Waals surface area contributed by atoms with Gasteiger partial charge in [0.15, 0.2) is 0 Å². The number of likely N-dealkylation sites (N-methyl/N-ethyl adjacent to an activating group) is 1. The third-order valence-corrected chi connectivity index (χ3v) is 1.97. The molecule has 1 heteroatoms. The number of rotatable bonds is 3. The maximum Gasteiger partial charge on any atom is 0.0211 e. The van der Waals surface area contributed by atoms with Gasteiger partial charge in [0, 0.05) is 6.54 Å². The molecule has 0 aromatic heterocycles. The van der Waals surface area contributed by atoms with Crippen molar-refractivity contribution in [2.45, 2.75) is 20.3 Å². The predicted molar refractivity (Wildman–Crippen MR) is 57.7 cm³/mol. The lowest BCUT2D eigenvalue weighted by molar-refractivity contribution is 0.785. The van der Waals surface area contributed by atoms with E-state index in [0.29, 0.717) is 0 Å². The van der Waals surface area contributed by atoms with E-state index in [4.69, 9.17) is 0 Å². The molecule has 0 aliphatic heterocycles. The van der Waals surface area contributed by atoms with E-state index in [9.17, 15) is 0 Å². The molecular weight excluding hydrogens is 158 g/mol. The van der Waals surface area contributed by atoms with Crippen molar-refractivity contribution in [2.24, 2.45) is 0 Å². The van der Waals surface area contributed by atoms with Crippen LogP contribution in [0.15, 0.2) is 41.2 Å². The molecule has 1 aliphatic rings. The van der Waals surface area contributed by atoms with Crippen molar-refractivity contribution in [2.75, 3.05) is 13.1 Å². The molecule has 0 fully saturated rings. The summed E-state index contributed by atoms with van der Waals surface area (Å²) in [6.45, 7) is 6.20.